The number of hydrogen-bond acceptors (Lipinski definition) is 7. The number of likely N-dealkylation sites (N-methyl/N-ethyl adjacent to an activating group) is 1. The SMILES string of the molecule is C[C@@H](c1nc2ccccc2s1)N(C)C(=O)COC(=O)c1ccc2c(c1)OCCO2. The standard InChI is InChI=1S/C21H20N2O5S/c1-13(20-22-15-5-3-4-6-18(15)29-20)23(2)19(24)12-28-21(25)14-7-8-16-17(11-14)27-10-9-26-16/h3-8,11,13H,9-10,12H2,1-2H3/t13-/m0/s1. The smallest absolute Gasteiger partial charge is 0.338 e. The third kappa shape index (κ3) is 4.02. The van der Waals surface area contributed by atoms with Crippen molar-refractivity contribution >= 4 is 33.4 Å². The summed E-state index contributed by atoms with van der Waals surface area (Å²) >= 11 is 1.55. The molecule has 0 spiro atoms. The van der Waals surface area contributed by atoms with Crippen LogP contribution in [-0.2, 0) is 9.53 Å². The molecule has 2 heterocycles. The van der Waals surface area contributed by atoms with E-state index in [1.54, 1.807) is 36.6 Å². The van der Waals surface area contributed by atoms with Gasteiger partial charge >= 0.3 is 5.97 Å². The number of aromatic nitrogens is 1. The highest BCUT2D eigenvalue weighted by Crippen LogP contribution is 2.31. The maximum atomic E-state index is 12.5. The van der Waals surface area contributed by atoms with Crippen LogP contribution >= 0.6 is 11.3 Å². The fourth-order valence-corrected chi connectivity index (χ4v) is 4.00. The van der Waals surface area contributed by atoms with E-state index in [-0.39, 0.29) is 18.6 Å². The fraction of sp³-hybridized carbons (Fsp3) is 0.286. The number of carbonyl (C=O) groups is 2. The van der Waals surface area contributed by atoms with Crippen LogP contribution in [0.25, 0.3) is 10.2 Å². The Kier molecular flexibility index (Phi) is 5.35. The zero-order valence-corrected chi connectivity index (χ0v) is 16.9. The molecule has 0 fully saturated rings. The van der Waals surface area contributed by atoms with Gasteiger partial charge in [-0.1, -0.05) is 12.1 Å². The number of amides is 1. The van der Waals surface area contributed by atoms with Gasteiger partial charge in [-0.25, -0.2) is 9.78 Å². The molecule has 0 radical (unpaired) electrons. The minimum absolute atomic E-state index is 0.229. The van der Waals surface area contributed by atoms with Crippen molar-refractivity contribution in [2.45, 2.75) is 13.0 Å². The number of nitrogens with zero attached hydrogens (tertiary/aromatic N) is 2. The Morgan fingerprint density at radius 3 is 2.72 bits per heavy atom. The van der Waals surface area contributed by atoms with Crippen molar-refractivity contribution in [1.82, 2.24) is 9.88 Å². The zero-order chi connectivity index (χ0) is 20.4. The van der Waals surface area contributed by atoms with Crippen molar-refractivity contribution in [3.05, 3.63) is 53.0 Å². The summed E-state index contributed by atoms with van der Waals surface area (Å²) in [5.41, 5.74) is 1.22. The van der Waals surface area contributed by atoms with Crippen molar-refractivity contribution in [3.63, 3.8) is 0 Å². The molecule has 0 aliphatic carbocycles. The molecule has 2 aromatic carbocycles. The minimum Gasteiger partial charge on any atom is -0.486 e. The molecule has 8 heteroatoms. The highest BCUT2D eigenvalue weighted by Gasteiger charge is 2.22. The topological polar surface area (TPSA) is 78.0 Å². The van der Waals surface area contributed by atoms with Gasteiger partial charge < -0.3 is 19.1 Å². The summed E-state index contributed by atoms with van der Waals surface area (Å²) in [7, 11) is 1.68. The van der Waals surface area contributed by atoms with E-state index in [9.17, 15) is 9.59 Å². The number of carbonyl (C=O) groups excluding carboxylic acids is 2. The number of esters is 1. The number of para-hydroxylation sites is 1. The van der Waals surface area contributed by atoms with Crippen LogP contribution in [0.15, 0.2) is 42.5 Å². The van der Waals surface area contributed by atoms with Gasteiger partial charge in [0.1, 0.15) is 18.2 Å². The van der Waals surface area contributed by atoms with Crippen LogP contribution in [0.3, 0.4) is 0 Å². The second-order valence-electron chi connectivity index (χ2n) is 6.64. The number of fused-ring (bicyclic) bond motifs is 2. The van der Waals surface area contributed by atoms with E-state index in [4.69, 9.17) is 14.2 Å². The third-order valence-corrected chi connectivity index (χ3v) is 5.95. The molecule has 1 aliphatic rings. The Morgan fingerprint density at radius 1 is 1.17 bits per heavy atom. The van der Waals surface area contributed by atoms with E-state index >= 15 is 0 Å². The van der Waals surface area contributed by atoms with E-state index in [1.165, 1.54) is 4.90 Å². The summed E-state index contributed by atoms with van der Waals surface area (Å²) in [5, 5.41) is 0.834. The summed E-state index contributed by atoms with van der Waals surface area (Å²) < 4.78 is 17.2. The number of rotatable bonds is 5. The number of benzene rings is 2. The Balaban J connectivity index is 1.37. The molecule has 29 heavy (non-hydrogen) atoms. The maximum Gasteiger partial charge on any atom is 0.338 e. The van der Waals surface area contributed by atoms with Gasteiger partial charge in [0.05, 0.1) is 21.8 Å². The molecule has 0 saturated heterocycles. The molecule has 3 aromatic rings. The van der Waals surface area contributed by atoms with Crippen molar-refractivity contribution in [2.24, 2.45) is 0 Å². The van der Waals surface area contributed by atoms with Crippen LogP contribution < -0.4 is 9.47 Å². The van der Waals surface area contributed by atoms with Gasteiger partial charge in [-0.05, 0) is 37.3 Å². The van der Waals surface area contributed by atoms with Crippen LogP contribution in [-0.4, -0.2) is 48.6 Å². The van der Waals surface area contributed by atoms with Gasteiger partial charge in [0.15, 0.2) is 18.1 Å². The van der Waals surface area contributed by atoms with Crippen LogP contribution in [0.2, 0.25) is 0 Å². The lowest BCUT2D eigenvalue weighted by molar-refractivity contribution is -0.135. The highest BCUT2D eigenvalue weighted by molar-refractivity contribution is 7.18. The summed E-state index contributed by atoms with van der Waals surface area (Å²) in [6.07, 6.45) is 0. The molecule has 0 N–H and O–H groups in total. The van der Waals surface area contributed by atoms with Gasteiger partial charge in [0, 0.05) is 7.05 Å². The number of thiazole rings is 1. The van der Waals surface area contributed by atoms with Gasteiger partial charge in [0.25, 0.3) is 5.91 Å². The molecular weight excluding hydrogens is 392 g/mol. The Hall–Kier alpha value is -3.13. The monoisotopic (exact) mass is 412 g/mol. The predicted octanol–water partition coefficient (Wildman–Crippen LogP) is 3.44. The summed E-state index contributed by atoms with van der Waals surface area (Å²) in [5.74, 6) is 0.200. The van der Waals surface area contributed by atoms with Crippen molar-refractivity contribution < 1.29 is 23.8 Å². The fourth-order valence-electron chi connectivity index (χ4n) is 2.93. The maximum absolute atomic E-state index is 12.5. The largest absolute Gasteiger partial charge is 0.486 e. The Labute approximate surface area is 171 Å². The lowest BCUT2D eigenvalue weighted by Gasteiger charge is -2.23. The Bertz CT molecular complexity index is 1030. The number of hydrogen-bond donors (Lipinski definition) is 0. The van der Waals surface area contributed by atoms with Gasteiger partial charge in [-0.15, -0.1) is 11.3 Å². The Morgan fingerprint density at radius 2 is 1.93 bits per heavy atom. The molecule has 1 amide bonds. The molecule has 4 rings (SSSR count). The molecule has 1 aliphatic heterocycles. The van der Waals surface area contributed by atoms with Gasteiger partial charge in [0.2, 0.25) is 0 Å². The third-order valence-electron chi connectivity index (χ3n) is 4.75. The summed E-state index contributed by atoms with van der Waals surface area (Å²) in [6.45, 7) is 2.46. The van der Waals surface area contributed by atoms with E-state index in [0.29, 0.717) is 30.3 Å². The first kappa shape index (κ1) is 19.2. The van der Waals surface area contributed by atoms with Crippen molar-refractivity contribution in [1.29, 1.82) is 0 Å². The molecular formula is C21H20N2O5S. The van der Waals surface area contributed by atoms with Gasteiger partial charge in [-0.2, -0.15) is 0 Å². The summed E-state index contributed by atoms with van der Waals surface area (Å²) in [6, 6.07) is 12.4. The number of ether oxygens (including phenoxy) is 3. The zero-order valence-electron chi connectivity index (χ0n) is 16.1. The van der Waals surface area contributed by atoms with Crippen LogP contribution in [0.4, 0.5) is 0 Å². The first-order valence-corrected chi connectivity index (χ1v) is 10.0. The first-order chi connectivity index (χ1) is 14.0. The minimum atomic E-state index is -0.587. The van der Waals surface area contributed by atoms with Crippen molar-refractivity contribution in [3.8, 4) is 11.5 Å². The van der Waals surface area contributed by atoms with E-state index in [0.717, 1.165) is 15.2 Å². The molecule has 0 bridgehead atoms. The molecule has 0 saturated carbocycles. The van der Waals surface area contributed by atoms with Crippen LogP contribution in [0, 0.1) is 0 Å². The first-order valence-electron chi connectivity index (χ1n) is 9.21. The second kappa shape index (κ2) is 8.08. The second-order valence-corrected chi connectivity index (χ2v) is 7.70. The lowest BCUT2D eigenvalue weighted by Crippen LogP contribution is -2.33. The molecule has 1 aromatic heterocycles. The molecule has 7 nitrogen and oxygen atoms in total. The summed E-state index contributed by atoms with van der Waals surface area (Å²) in [4.78, 5) is 31.0. The van der Waals surface area contributed by atoms with E-state index < -0.39 is 5.97 Å². The normalized spacial score (nSPS) is 13.7. The highest BCUT2D eigenvalue weighted by atomic mass is 32.1. The predicted molar refractivity (Wildman–Crippen MR) is 109 cm³/mol. The van der Waals surface area contributed by atoms with Crippen molar-refractivity contribution in [2.75, 3.05) is 26.9 Å². The quantitative estimate of drug-likeness (QED) is 0.598. The van der Waals surface area contributed by atoms with E-state index in [2.05, 4.69) is 4.98 Å². The lowest BCUT2D eigenvalue weighted by atomic mass is 10.2. The molecule has 1 atom stereocenters. The average Bonchev–Trinajstić information content (AvgIpc) is 3.20. The van der Waals surface area contributed by atoms with E-state index in [1.807, 2.05) is 31.2 Å². The average molecular weight is 412 g/mol. The van der Waals surface area contributed by atoms with Crippen LogP contribution in [0.5, 0.6) is 11.5 Å². The molecule has 0 unspecified atom stereocenters. The van der Waals surface area contributed by atoms with Crippen LogP contribution in [0.1, 0.15) is 28.3 Å². The molecule has 150 valence electrons. The van der Waals surface area contributed by atoms with Gasteiger partial charge in [-0.3, -0.25) is 4.79 Å².